The summed E-state index contributed by atoms with van der Waals surface area (Å²) in [5, 5.41) is 19.6. The van der Waals surface area contributed by atoms with Crippen molar-refractivity contribution in [1.29, 1.82) is 5.26 Å². The minimum Gasteiger partial charge on any atom is -0.363 e. The van der Waals surface area contributed by atoms with E-state index in [1.54, 1.807) is 18.2 Å². The maximum Gasteiger partial charge on any atom is 0.280 e. The SMILES string of the molecule is CN(C(=O)C1(O)CCCN1C=O)c1cc(Cl)cc(Cl)c1.Cc1ccc(C#N)cc1. The van der Waals surface area contributed by atoms with Crippen LogP contribution in [0.25, 0.3) is 0 Å². The molecule has 0 radical (unpaired) electrons. The minimum atomic E-state index is -1.80. The Bertz CT molecular complexity index is 908. The maximum absolute atomic E-state index is 12.4. The predicted octanol–water partition coefficient (Wildman–Crippen LogP) is 3.76. The molecular weight excluding hydrogens is 413 g/mol. The maximum atomic E-state index is 12.4. The molecule has 1 atom stereocenters. The fraction of sp³-hybridized carbons (Fsp3) is 0.286. The molecule has 152 valence electrons. The summed E-state index contributed by atoms with van der Waals surface area (Å²) < 4.78 is 0. The Kier molecular flexibility index (Phi) is 7.63. The number of hydrogen-bond acceptors (Lipinski definition) is 4. The average Bonchev–Trinajstić information content (AvgIpc) is 3.09. The molecule has 29 heavy (non-hydrogen) atoms. The van der Waals surface area contributed by atoms with Gasteiger partial charge in [0, 0.05) is 35.7 Å². The van der Waals surface area contributed by atoms with Gasteiger partial charge in [0.15, 0.2) is 0 Å². The number of benzene rings is 2. The Hall–Kier alpha value is -2.59. The number of carbonyl (C=O) groups excluding carboxylic acids is 2. The third kappa shape index (κ3) is 5.48. The summed E-state index contributed by atoms with van der Waals surface area (Å²) in [6, 6.07) is 14.2. The monoisotopic (exact) mass is 433 g/mol. The summed E-state index contributed by atoms with van der Waals surface area (Å²) in [5.74, 6) is -0.583. The zero-order chi connectivity index (χ0) is 21.6. The third-order valence-corrected chi connectivity index (χ3v) is 5.03. The lowest BCUT2D eigenvalue weighted by Gasteiger charge is -2.33. The molecule has 2 aromatic rings. The highest BCUT2D eigenvalue weighted by Gasteiger charge is 2.47. The van der Waals surface area contributed by atoms with Crippen molar-refractivity contribution < 1.29 is 14.7 Å². The quantitative estimate of drug-likeness (QED) is 0.746. The van der Waals surface area contributed by atoms with Crippen LogP contribution in [0.4, 0.5) is 5.69 Å². The van der Waals surface area contributed by atoms with E-state index in [-0.39, 0.29) is 6.42 Å². The number of carbonyl (C=O) groups is 2. The van der Waals surface area contributed by atoms with E-state index in [1.165, 1.54) is 17.5 Å². The van der Waals surface area contributed by atoms with Gasteiger partial charge in [-0.05, 0) is 43.7 Å². The fourth-order valence-corrected chi connectivity index (χ4v) is 3.46. The second kappa shape index (κ2) is 9.75. The summed E-state index contributed by atoms with van der Waals surface area (Å²) in [5.41, 5.74) is 0.568. The van der Waals surface area contributed by atoms with Crippen LogP contribution >= 0.6 is 23.2 Å². The number of likely N-dealkylation sites (N-methyl/N-ethyl adjacent to an activating group) is 1. The van der Waals surface area contributed by atoms with Crippen LogP contribution < -0.4 is 4.90 Å². The minimum absolute atomic E-state index is 0.212. The van der Waals surface area contributed by atoms with E-state index in [0.29, 0.717) is 35.1 Å². The van der Waals surface area contributed by atoms with E-state index in [2.05, 4.69) is 6.07 Å². The fourth-order valence-electron chi connectivity index (χ4n) is 2.94. The molecule has 1 heterocycles. The van der Waals surface area contributed by atoms with Crippen molar-refractivity contribution in [3.63, 3.8) is 0 Å². The lowest BCUT2D eigenvalue weighted by molar-refractivity contribution is -0.159. The molecule has 0 aromatic heterocycles. The van der Waals surface area contributed by atoms with Crippen molar-refractivity contribution in [3.05, 3.63) is 63.6 Å². The van der Waals surface area contributed by atoms with Crippen LogP contribution in [0.2, 0.25) is 10.0 Å². The second-order valence-corrected chi connectivity index (χ2v) is 7.56. The summed E-state index contributed by atoms with van der Waals surface area (Å²) in [4.78, 5) is 25.8. The van der Waals surface area contributed by atoms with Crippen LogP contribution in [0, 0.1) is 18.3 Å². The van der Waals surface area contributed by atoms with Crippen molar-refractivity contribution >= 4 is 41.2 Å². The molecule has 1 N–H and O–H groups in total. The van der Waals surface area contributed by atoms with Crippen LogP contribution in [0.1, 0.15) is 24.0 Å². The first-order valence-corrected chi connectivity index (χ1v) is 9.62. The number of likely N-dealkylation sites (tertiary alicyclic amines) is 1. The number of halogens is 2. The van der Waals surface area contributed by atoms with E-state index >= 15 is 0 Å². The van der Waals surface area contributed by atoms with E-state index < -0.39 is 11.6 Å². The predicted molar refractivity (Wildman–Crippen MR) is 113 cm³/mol. The second-order valence-electron chi connectivity index (χ2n) is 6.69. The van der Waals surface area contributed by atoms with Gasteiger partial charge in [-0.2, -0.15) is 5.26 Å². The van der Waals surface area contributed by atoms with Crippen molar-refractivity contribution in [1.82, 2.24) is 4.90 Å². The van der Waals surface area contributed by atoms with Gasteiger partial charge < -0.3 is 14.9 Å². The zero-order valence-corrected chi connectivity index (χ0v) is 17.6. The lowest BCUT2D eigenvalue weighted by Crippen LogP contribution is -2.55. The largest absolute Gasteiger partial charge is 0.363 e. The average molecular weight is 434 g/mol. The Morgan fingerprint density at radius 1 is 1.24 bits per heavy atom. The molecule has 2 amide bonds. The van der Waals surface area contributed by atoms with Gasteiger partial charge in [-0.15, -0.1) is 0 Å². The molecule has 6 nitrogen and oxygen atoms in total. The van der Waals surface area contributed by atoms with E-state index in [9.17, 15) is 14.7 Å². The third-order valence-electron chi connectivity index (χ3n) is 4.59. The number of hydrogen-bond donors (Lipinski definition) is 1. The molecule has 3 rings (SSSR count). The first-order valence-electron chi connectivity index (χ1n) is 8.86. The topological polar surface area (TPSA) is 84.6 Å². The van der Waals surface area contributed by atoms with Gasteiger partial charge in [0.25, 0.3) is 5.91 Å². The summed E-state index contributed by atoms with van der Waals surface area (Å²) in [7, 11) is 1.50. The van der Waals surface area contributed by atoms with Gasteiger partial charge >= 0.3 is 0 Å². The molecule has 8 heteroatoms. The van der Waals surface area contributed by atoms with Crippen molar-refractivity contribution in [2.75, 3.05) is 18.5 Å². The Balaban J connectivity index is 0.000000278. The number of amides is 2. The van der Waals surface area contributed by atoms with Gasteiger partial charge in [-0.25, -0.2) is 0 Å². The molecule has 1 aliphatic heterocycles. The molecule has 2 aromatic carbocycles. The number of anilines is 1. The highest BCUT2D eigenvalue weighted by atomic mass is 35.5. The van der Waals surface area contributed by atoms with E-state index in [1.807, 2.05) is 31.2 Å². The molecule has 0 bridgehead atoms. The van der Waals surface area contributed by atoms with Crippen molar-refractivity contribution in [2.45, 2.75) is 25.5 Å². The number of nitriles is 1. The lowest BCUT2D eigenvalue weighted by atomic mass is 10.1. The number of aryl methyl sites for hydroxylation is 1. The van der Waals surface area contributed by atoms with Crippen LogP contribution in [-0.4, -0.2) is 41.6 Å². The molecule has 0 spiro atoms. The zero-order valence-electron chi connectivity index (χ0n) is 16.1. The first kappa shape index (κ1) is 22.7. The summed E-state index contributed by atoms with van der Waals surface area (Å²) >= 11 is 11.8. The van der Waals surface area contributed by atoms with Gasteiger partial charge in [0.1, 0.15) is 0 Å². The van der Waals surface area contributed by atoms with Crippen LogP contribution in [0.5, 0.6) is 0 Å². The van der Waals surface area contributed by atoms with Crippen LogP contribution in [-0.2, 0) is 9.59 Å². The van der Waals surface area contributed by atoms with Crippen LogP contribution in [0.15, 0.2) is 42.5 Å². The molecule has 1 saturated heterocycles. The van der Waals surface area contributed by atoms with E-state index in [4.69, 9.17) is 28.5 Å². The van der Waals surface area contributed by atoms with Gasteiger partial charge in [-0.1, -0.05) is 40.9 Å². The standard InChI is InChI=1S/C13H14Cl2N2O3.C8H7N/c1-16(11-6-9(14)5-10(15)7-11)12(19)13(20)3-2-4-17(13)8-18;1-7-2-4-8(6-9)5-3-7/h5-8,20H,2-4H2,1H3;2-5H,1H3. The highest BCUT2D eigenvalue weighted by Crippen LogP contribution is 2.31. The highest BCUT2D eigenvalue weighted by molar-refractivity contribution is 6.35. The van der Waals surface area contributed by atoms with Crippen LogP contribution in [0.3, 0.4) is 0 Å². The van der Waals surface area contributed by atoms with E-state index in [0.717, 1.165) is 10.5 Å². The van der Waals surface area contributed by atoms with Gasteiger partial charge in [-0.3, -0.25) is 9.59 Å². The molecule has 1 unspecified atom stereocenters. The normalized spacial score (nSPS) is 17.7. The number of nitrogens with zero attached hydrogens (tertiary/aromatic N) is 3. The molecule has 1 fully saturated rings. The van der Waals surface area contributed by atoms with Gasteiger partial charge in [0.2, 0.25) is 12.1 Å². The molecule has 1 aliphatic rings. The number of rotatable bonds is 3. The molecular formula is C21H21Cl2N3O3. The number of aliphatic hydroxyl groups is 1. The van der Waals surface area contributed by atoms with Crippen molar-refractivity contribution in [3.8, 4) is 6.07 Å². The van der Waals surface area contributed by atoms with Crippen molar-refractivity contribution in [2.24, 2.45) is 0 Å². The smallest absolute Gasteiger partial charge is 0.280 e. The summed E-state index contributed by atoms with van der Waals surface area (Å²) in [6.45, 7) is 2.36. The van der Waals surface area contributed by atoms with Gasteiger partial charge in [0.05, 0.1) is 11.6 Å². The Morgan fingerprint density at radius 2 is 1.83 bits per heavy atom. The first-order chi connectivity index (χ1) is 13.7. The Labute approximate surface area is 179 Å². The summed E-state index contributed by atoms with van der Waals surface area (Å²) in [6.07, 6.45) is 1.28. The Morgan fingerprint density at radius 3 is 2.34 bits per heavy atom. The molecule has 0 aliphatic carbocycles. The molecule has 0 saturated carbocycles.